The minimum atomic E-state index is -0.306. The summed E-state index contributed by atoms with van der Waals surface area (Å²) in [4.78, 5) is 15.6. The number of carbonyl (C=O) groups excluding carboxylic acids is 1. The average Bonchev–Trinajstić information content (AvgIpc) is 2.88. The summed E-state index contributed by atoms with van der Waals surface area (Å²) in [5.41, 5.74) is 2.12. The summed E-state index contributed by atoms with van der Waals surface area (Å²) in [7, 11) is 1.77. The average molecular weight is 382 g/mol. The van der Waals surface area contributed by atoms with Gasteiger partial charge in [0.25, 0.3) is 0 Å². The van der Waals surface area contributed by atoms with E-state index < -0.39 is 0 Å². The van der Waals surface area contributed by atoms with Crippen LogP contribution in [0.1, 0.15) is 19.4 Å². The standard InChI is InChI=1S/C17H24BrN3O2/c1-10(2)16(19-3)17(23)21-13(9-22)6-11-8-20-15-7-12(18)4-5-14(11)15/h4-5,7-8,10,13,16,19-20,22H,6,9H2,1-3H3,(H,21,23)/t13-,16-/m0/s1. The maximum atomic E-state index is 12.3. The number of aromatic amines is 1. The highest BCUT2D eigenvalue weighted by Gasteiger charge is 2.23. The molecular formula is C17H24BrN3O2. The predicted molar refractivity (Wildman–Crippen MR) is 96.4 cm³/mol. The molecule has 5 nitrogen and oxygen atoms in total. The Balaban J connectivity index is 2.10. The van der Waals surface area contributed by atoms with Crippen molar-refractivity contribution in [1.82, 2.24) is 15.6 Å². The van der Waals surface area contributed by atoms with Crippen molar-refractivity contribution >= 4 is 32.7 Å². The van der Waals surface area contributed by atoms with Gasteiger partial charge >= 0.3 is 0 Å². The van der Waals surface area contributed by atoms with Gasteiger partial charge in [0.2, 0.25) is 5.91 Å². The summed E-state index contributed by atoms with van der Waals surface area (Å²) in [5.74, 6) is 0.105. The first-order chi connectivity index (χ1) is 11.0. The lowest BCUT2D eigenvalue weighted by Gasteiger charge is -2.23. The van der Waals surface area contributed by atoms with Crippen molar-refractivity contribution in [3.05, 3.63) is 34.4 Å². The molecule has 0 spiro atoms. The zero-order chi connectivity index (χ0) is 17.0. The maximum absolute atomic E-state index is 12.3. The number of rotatable bonds is 7. The van der Waals surface area contributed by atoms with Crippen molar-refractivity contribution in [2.24, 2.45) is 5.92 Å². The van der Waals surface area contributed by atoms with Crippen LogP contribution in [-0.4, -0.2) is 41.7 Å². The van der Waals surface area contributed by atoms with Crippen LogP contribution < -0.4 is 10.6 Å². The van der Waals surface area contributed by atoms with Gasteiger partial charge in [-0.05, 0) is 37.1 Å². The molecule has 0 aliphatic heterocycles. The van der Waals surface area contributed by atoms with Crippen LogP contribution in [0.2, 0.25) is 0 Å². The third kappa shape index (κ3) is 4.34. The van der Waals surface area contributed by atoms with Crippen LogP contribution in [0.3, 0.4) is 0 Å². The van der Waals surface area contributed by atoms with E-state index in [2.05, 4.69) is 31.5 Å². The first-order valence-electron chi connectivity index (χ1n) is 7.80. The molecule has 0 fully saturated rings. The lowest BCUT2D eigenvalue weighted by atomic mass is 10.0. The van der Waals surface area contributed by atoms with E-state index in [4.69, 9.17) is 0 Å². The monoisotopic (exact) mass is 381 g/mol. The Hall–Kier alpha value is -1.37. The van der Waals surface area contributed by atoms with Crippen molar-refractivity contribution in [1.29, 1.82) is 0 Å². The maximum Gasteiger partial charge on any atom is 0.237 e. The fraction of sp³-hybridized carbons (Fsp3) is 0.471. The summed E-state index contributed by atoms with van der Waals surface area (Å²) in [6, 6.07) is 5.47. The SMILES string of the molecule is CN[C@H](C(=O)N[C@H](CO)Cc1c[nH]c2cc(Br)ccc12)C(C)C. The van der Waals surface area contributed by atoms with Gasteiger partial charge in [0, 0.05) is 21.6 Å². The second-order valence-electron chi connectivity index (χ2n) is 6.11. The number of nitrogens with one attached hydrogen (secondary N) is 3. The molecule has 23 heavy (non-hydrogen) atoms. The highest BCUT2D eigenvalue weighted by Crippen LogP contribution is 2.23. The first-order valence-corrected chi connectivity index (χ1v) is 8.59. The van der Waals surface area contributed by atoms with Gasteiger partial charge in [-0.15, -0.1) is 0 Å². The number of aliphatic hydroxyl groups excluding tert-OH is 1. The molecule has 2 aromatic rings. The molecular weight excluding hydrogens is 358 g/mol. The fourth-order valence-corrected chi connectivity index (χ4v) is 3.17. The lowest BCUT2D eigenvalue weighted by Crippen LogP contribution is -2.50. The van der Waals surface area contributed by atoms with Crippen LogP contribution in [0.5, 0.6) is 0 Å². The third-order valence-electron chi connectivity index (χ3n) is 4.02. The molecule has 0 aliphatic rings. The van der Waals surface area contributed by atoms with Crippen LogP contribution in [0, 0.1) is 5.92 Å². The second-order valence-corrected chi connectivity index (χ2v) is 7.02. The number of aliphatic hydroxyl groups is 1. The number of hydrogen-bond acceptors (Lipinski definition) is 3. The molecule has 1 aromatic heterocycles. The summed E-state index contributed by atoms with van der Waals surface area (Å²) in [5, 5.41) is 16.7. The molecule has 6 heteroatoms. The van der Waals surface area contributed by atoms with Gasteiger partial charge in [0.1, 0.15) is 0 Å². The number of benzene rings is 1. The Kier molecular flexibility index (Phi) is 6.21. The molecule has 0 bridgehead atoms. The van der Waals surface area contributed by atoms with Gasteiger partial charge in [-0.1, -0.05) is 35.8 Å². The van der Waals surface area contributed by atoms with E-state index in [9.17, 15) is 9.90 Å². The Morgan fingerprint density at radius 3 is 2.74 bits per heavy atom. The lowest BCUT2D eigenvalue weighted by molar-refractivity contribution is -0.125. The molecule has 4 N–H and O–H groups in total. The van der Waals surface area contributed by atoms with Crippen molar-refractivity contribution in [3.63, 3.8) is 0 Å². The first kappa shape index (κ1) is 18.0. The molecule has 0 unspecified atom stereocenters. The third-order valence-corrected chi connectivity index (χ3v) is 4.52. The number of carbonyl (C=O) groups is 1. The number of halogens is 1. The van der Waals surface area contributed by atoms with Gasteiger partial charge in [-0.3, -0.25) is 4.79 Å². The molecule has 0 radical (unpaired) electrons. The van der Waals surface area contributed by atoms with Crippen LogP contribution in [-0.2, 0) is 11.2 Å². The Morgan fingerprint density at radius 1 is 1.39 bits per heavy atom. The quantitative estimate of drug-likeness (QED) is 0.593. The molecule has 0 saturated carbocycles. The van der Waals surface area contributed by atoms with Crippen LogP contribution in [0.4, 0.5) is 0 Å². The number of amides is 1. The minimum Gasteiger partial charge on any atom is -0.394 e. The predicted octanol–water partition coefficient (Wildman–Crippen LogP) is 2.19. The van der Waals surface area contributed by atoms with Gasteiger partial charge in [-0.25, -0.2) is 0 Å². The molecule has 0 saturated heterocycles. The fourth-order valence-electron chi connectivity index (χ4n) is 2.81. The highest BCUT2D eigenvalue weighted by molar-refractivity contribution is 9.10. The van der Waals surface area contributed by atoms with Gasteiger partial charge in [0.05, 0.1) is 18.7 Å². The number of fused-ring (bicyclic) bond motifs is 1. The van der Waals surface area contributed by atoms with Gasteiger partial charge in [-0.2, -0.15) is 0 Å². The smallest absolute Gasteiger partial charge is 0.237 e. The molecule has 126 valence electrons. The topological polar surface area (TPSA) is 77.2 Å². The number of likely N-dealkylation sites (N-methyl/N-ethyl adjacent to an activating group) is 1. The normalized spacial score (nSPS) is 14.2. The number of hydrogen-bond donors (Lipinski definition) is 4. The molecule has 0 aliphatic carbocycles. The minimum absolute atomic E-state index is 0.0795. The van der Waals surface area contributed by atoms with Crippen LogP contribution >= 0.6 is 15.9 Å². The van der Waals surface area contributed by atoms with E-state index in [1.165, 1.54) is 0 Å². The zero-order valence-corrected chi connectivity index (χ0v) is 15.3. The summed E-state index contributed by atoms with van der Waals surface area (Å²) >= 11 is 3.45. The number of aromatic nitrogens is 1. The van der Waals surface area contributed by atoms with Gasteiger partial charge < -0.3 is 20.7 Å². The highest BCUT2D eigenvalue weighted by atomic mass is 79.9. The van der Waals surface area contributed by atoms with E-state index >= 15 is 0 Å². The van der Waals surface area contributed by atoms with Crippen molar-refractivity contribution in [3.8, 4) is 0 Å². The van der Waals surface area contributed by atoms with Crippen molar-refractivity contribution in [2.45, 2.75) is 32.4 Å². The van der Waals surface area contributed by atoms with Crippen molar-refractivity contribution in [2.75, 3.05) is 13.7 Å². The molecule has 2 rings (SSSR count). The molecule has 2 atom stereocenters. The second kappa shape index (κ2) is 7.95. The van der Waals surface area contributed by atoms with Gasteiger partial charge in [0.15, 0.2) is 0 Å². The van der Waals surface area contributed by atoms with E-state index in [1.54, 1.807) is 7.05 Å². The van der Waals surface area contributed by atoms with E-state index in [-0.39, 0.29) is 30.5 Å². The molecule has 1 amide bonds. The van der Waals surface area contributed by atoms with E-state index in [0.29, 0.717) is 6.42 Å². The summed E-state index contributed by atoms with van der Waals surface area (Å²) in [6.07, 6.45) is 2.52. The Bertz CT molecular complexity index is 669. The largest absolute Gasteiger partial charge is 0.394 e. The zero-order valence-electron chi connectivity index (χ0n) is 13.7. The summed E-state index contributed by atoms with van der Waals surface area (Å²) < 4.78 is 1.01. The number of H-pyrrole nitrogens is 1. The van der Waals surface area contributed by atoms with Crippen LogP contribution in [0.15, 0.2) is 28.9 Å². The molecule has 1 heterocycles. The van der Waals surface area contributed by atoms with E-state index in [1.807, 2.05) is 38.2 Å². The molecule has 1 aromatic carbocycles. The Labute approximate surface area is 145 Å². The van der Waals surface area contributed by atoms with E-state index in [0.717, 1.165) is 20.9 Å². The summed E-state index contributed by atoms with van der Waals surface area (Å²) in [6.45, 7) is 3.89. The Morgan fingerprint density at radius 2 is 2.13 bits per heavy atom. The van der Waals surface area contributed by atoms with Crippen LogP contribution in [0.25, 0.3) is 10.9 Å². The van der Waals surface area contributed by atoms with Crippen molar-refractivity contribution < 1.29 is 9.90 Å².